The monoisotopic (exact) mass is 453 g/mol. The van der Waals surface area contributed by atoms with Gasteiger partial charge in [-0.2, -0.15) is 4.98 Å². The molecule has 0 N–H and O–H groups in total. The summed E-state index contributed by atoms with van der Waals surface area (Å²) in [5, 5.41) is 9.30. The average Bonchev–Trinajstić information content (AvgIpc) is 3.49. The fraction of sp³-hybridized carbons (Fsp3) is 0.500. The Morgan fingerprint density at radius 1 is 1.16 bits per heavy atom. The van der Waals surface area contributed by atoms with Crippen molar-refractivity contribution < 1.29 is 9.26 Å². The molecule has 1 saturated heterocycles. The first-order chi connectivity index (χ1) is 15.5. The lowest BCUT2D eigenvalue weighted by atomic mass is 9.92. The Morgan fingerprint density at radius 2 is 1.97 bits per heavy atom. The number of hydrogen-bond donors (Lipinski definition) is 0. The third-order valence-corrected chi connectivity index (χ3v) is 6.75. The number of aromatic nitrogens is 6. The van der Waals surface area contributed by atoms with Gasteiger partial charge in [0.15, 0.2) is 5.82 Å². The molecule has 1 fully saturated rings. The molecule has 1 atom stereocenters. The molecule has 0 amide bonds. The van der Waals surface area contributed by atoms with E-state index in [2.05, 4.69) is 50.9 Å². The zero-order valence-corrected chi connectivity index (χ0v) is 19.5. The number of hydrogen-bond acceptors (Lipinski definition) is 9. The van der Waals surface area contributed by atoms with E-state index >= 15 is 0 Å². The first-order valence-corrected chi connectivity index (χ1v) is 11.8. The van der Waals surface area contributed by atoms with Crippen molar-refractivity contribution in [1.82, 2.24) is 29.7 Å². The van der Waals surface area contributed by atoms with Crippen molar-refractivity contribution >= 4 is 22.3 Å². The molecule has 1 aliphatic rings. The molecule has 1 aliphatic heterocycles. The van der Waals surface area contributed by atoms with Crippen LogP contribution in [0.1, 0.15) is 51.0 Å². The zero-order valence-electron chi connectivity index (χ0n) is 18.7. The quantitative estimate of drug-likeness (QED) is 0.425. The summed E-state index contributed by atoms with van der Waals surface area (Å²) in [5.74, 6) is 1.47. The van der Waals surface area contributed by atoms with Crippen LogP contribution in [0.15, 0.2) is 29.0 Å². The molecule has 10 heteroatoms. The molecular weight excluding hydrogens is 426 g/mol. The molecule has 0 spiro atoms. The minimum absolute atomic E-state index is 0.0719. The molecule has 4 aromatic rings. The van der Waals surface area contributed by atoms with Crippen LogP contribution in [0.2, 0.25) is 0 Å². The van der Waals surface area contributed by atoms with Crippen molar-refractivity contribution in [2.75, 3.05) is 18.0 Å². The highest BCUT2D eigenvalue weighted by Gasteiger charge is 2.28. The van der Waals surface area contributed by atoms with E-state index in [0.717, 1.165) is 53.7 Å². The second kappa shape index (κ2) is 8.50. The van der Waals surface area contributed by atoms with E-state index in [4.69, 9.17) is 9.26 Å². The fourth-order valence-corrected chi connectivity index (χ4v) is 4.71. The Hall–Kier alpha value is -3.01. The third kappa shape index (κ3) is 4.19. The Bertz CT molecular complexity index is 1160. The summed E-state index contributed by atoms with van der Waals surface area (Å²) in [6.07, 6.45) is 5.85. The van der Waals surface area contributed by atoms with Crippen LogP contribution in [0.5, 0.6) is 5.19 Å². The van der Waals surface area contributed by atoms with Crippen molar-refractivity contribution in [2.45, 2.75) is 52.6 Å². The number of fused-ring (bicyclic) bond motifs is 1. The Labute approximate surface area is 190 Å². The lowest BCUT2D eigenvalue weighted by molar-refractivity contribution is 0.130. The highest BCUT2D eigenvalue weighted by atomic mass is 32.1. The first kappa shape index (κ1) is 20.9. The normalized spacial score (nSPS) is 16.2. The van der Waals surface area contributed by atoms with Gasteiger partial charge in [-0.25, -0.2) is 9.50 Å². The maximum Gasteiger partial charge on any atom is 0.324 e. The molecular formula is C22H27N7O2S. The highest BCUT2D eigenvalue weighted by molar-refractivity contribution is 7.18. The highest BCUT2D eigenvalue weighted by Crippen LogP contribution is 2.30. The van der Waals surface area contributed by atoms with Crippen LogP contribution in [-0.4, -0.2) is 48.9 Å². The van der Waals surface area contributed by atoms with E-state index in [1.54, 1.807) is 4.52 Å². The minimum atomic E-state index is 0.0719. The molecule has 4 aromatic heterocycles. The van der Waals surface area contributed by atoms with E-state index < -0.39 is 0 Å². The standard InChI is InChI=1S/C22H27N7O2S/c1-13(2)19-25-20(31-27-19)28-9-7-16(8-10-28)15(4)30-22-26-29-12-18(24-21(29)32-22)17-6-5-14(3)23-11-17/h5-6,11-13,15-16H,7-10H2,1-4H3/t15-/m0/s1. The van der Waals surface area contributed by atoms with Gasteiger partial charge in [-0.1, -0.05) is 19.0 Å². The molecule has 5 rings (SSSR count). The number of piperidine rings is 1. The third-order valence-electron chi connectivity index (χ3n) is 5.94. The number of nitrogens with zero attached hydrogens (tertiary/aromatic N) is 7. The number of imidazole rings is 1. The molecule has 0 saturated carbocycles. The predicted octanol–water partition coefficient (Wildman–Crippen LogP) is 4.35. The summed E-state index contributed by atoms with van der Waals surface area (Å²) in [7, 11) is 0. The maximum atomic E-state index is 6.20. The van der Waals surface area contributed by atoms with Crippen molar-refractivity contribution in [1.29, 1.82) is 0 Å². The van der Waals surface area contributed by atoms with Crippen LogP contribution < -0.4 is 9.64 Å². The van der Waals surface area contributed by atoms with Gasteiger partial charge in [0, 0.05) is 36.5 Å². The fourth-order valence-electron chi connectivity index (χ4n) is 3.89. The lowest BCUT2D eigenvalue weighted by Crippen LogP contribution is -2.38. The number of ether oxygens (including phenoxy) is 1. The molecule has 0 radical (unpaired) electrons. The number of pyridine rings is 1. The molecule has 9 nitrogen and oxygen atoms in total. The zero-order chi connectivity index (χ0) is 22.2. The molecule has 168 valence electrons. The summed E-state index contributed by atoms with van der Waals surface area (Å²) in [6, 6.07) is 4.64. The summed E-state index contributed by atoms with van der Waals surface area (Å²) < 4.78 is 13.4. The van der Waals surface area contributed by atoms with Crippen LogP contribution in [0.4, 0.5) is 6.01 Å². The Balaban J connectivity index is 1.19. The van der Waals surface area contributed by atoms with Crippen LogP contribution in [0, 0.1) is 12.8 Å². The Morgan fingerprint density at radius 3 is 2.62 bits per heavy atom. The van der Waals surface area contributed by atoms with E-state index in [1.807, 2.05) is 31.5 Å². The largest absolute Gasteiger partial charge is 0.466 e. The van der Waals surface area contributed by atoms with Gasteiger partial charge in [0.05, 0.1) is 11.9 Å². The lowest BCUT2D eigenvalue weighted by Gasteiger charge is -2.33. The van der Waals surface area contributed by atoms with Gasteiger partial charge in [-0.05, 0) is 56.1 Å². The van der Waals surface area contributed by atoms with Crippen LogP contribution in [0.3, 0.4) is 0 Å². The van der Waals surface area contributed by atoms with Crippen LogP contribution in [0.25, 0.3) is 16.2 Å². The van der Waals surface area contributed by atoms with Gasteiger partial charge in [-0.3, -0.25) is 4.98 Å². The summed E-state index contributed by atoms with van der Waals surface area (Å²) in [6.45, 7) is 9.99. The first-order valence-electron chi connectivity index (χ1n) is 11.0. The van der Waals surface area contributed by atoms with Crippen LogP contribution >= 0.6 is 11.3 Å². The predicted molar refractivity (Wildman–Crippen MR) is 122 cm³/mol. The van der Waals surface area contributed by atoms with E-state index in [-0.39, 0.29) is 12.0 Å². The van der Waals surface area contributed by atoms with E-state index in [1.165, 1.54) is 11.3 Å². The maximum absolute atomic E-state index is 6.20. The average molecular weight is 454 g/mol. The van der Waals surface area contributed by atoms with Crippen molar-refractivity contribution in [3.05, 3.63) is 36.0 Å². The van der Waals surface area contributed by atoms with Gasteiger partial charge in [-0.15, -0.1) is 5.10 Å². The van der Waals surface area contributed by atoms with Crippen molar-refractivity contribution in [3.63, 3.8) is 0 Å². The summed E-state index contributed by atoms with van der Waals surface area (Å²) in [5.41, 5.74) is 2.84. The molecule has 32 heavy (non-hydrogen) atoms. The second-order valence-electron chi connectivity index (χ2n) is 8.65. The number of aryl methyl sites for hydroxylation is 1. The number of rotatable bonds is 6. The topological polar surface area (TPSA) is 94.5 Å². The van der Waals surface area contributed by atoms with Gasteiger partial charge < -0.3 is 14.2 Å². The van der Waals surface area contributed by atoms with E-state index in [9.17, 15) is 0 Å². The van der Waals surface area contributed by atoms with Gasteiger partial charge >= 0.3 is 6.01 Å². The Kier molecular flexibility index (Phi) is 5.54. The SMILES string of the molecule is Cc1ccc(-c2cn3nc(O[C@@H](C)C4CCN(c5nc(C(C)C)no5)CC4)sc3n2)cn1. The van der Waals surface area contributed by atoms with Crippen molar-refractivity contribution in [2.24, 2.45) is 5.92 Å². The van der Waals surface area contributed by atoms with Crippen molar-refractivity contribution in [3.8, 4) is 16.5 Å². The molecule has 5 heterocycles. The molecule has 0 aliphatic carbocycles. The summed E-state index contributed by atoms with van der Waals surface area (Å²) >= 11 is 1.47. The molecule has 0 aromatic carbocycles. The molecule has 0 unspecified atom stereocenters. The van der Waals surface area contributed by atoms with Gasteiger partial charge in [0.1, 0.15) is 6.10 Å². The second-order valence-corrected chi connectivity index (χ2v) is 9.57. The molecule has 0 bridgehead atoms. The summed E-state index contributed by atoms with van der Waals surface area (Å²) in [4.78, 5) is 16.5. The van der Waals surface area contributed by atoms with Gasteiger partial charge in [0.25, 0.3) is 5.19 Å². The van der Waals surface area contributed by atoms with Gasteiger partial charge in [0.2, 0.25) is 4.96 Å². The van der Waals surface area contributed by atoms with E-state index in [0.29, 0.717) is 17.1 Å². The minimum Gasteiger partial charge on any atom is -0.466 e. The van der Waals surface area contributed by atoms with Crippen LogP contribution in [-0.2, 0) is 0 Å². The smallest absolute Gasteiger partial charge is 0.324 e. The number of anilines is 1.